The second kappa shape index (κ2) is 25.4. The largest absolute Gasteiger partial charge is 0.489 e. The number of aromatic nitrogens is 2. The van der Waals surface area contributed by atoms with Crippen LogP contribution in [-0.4, -0.2) is 101 Å². The van der Waals surface area contributed by atoms with Crippen molar-refractivity contribution >= 4 is 39.4 Å². The number of carbonyl (C=O) groups is 2. The SMILES string of the molecule is CCOCCOCCC(=O)NCCCOCCOCCOCCCNC(=O)c1ccc(COc2ccc(CCc3cnc4c(N)nc5cc(C)ccc5c4c3)c(C)c2)cc1. The number of nitrogens with one attached hydrogen (secondary N) is 2. The summed E-state index contributed by atoms with van der Waals surface area (Å²) in [7, 11) is 0. The highest BCUT2D eigenvalue weighted by Gasteiger charge is 2.11. The van der Waals surface area contributed by atoms with Crippen LogP contribution in [0.1, 0.15) is 64.4 Å². The number of hydrogen-bond donors (Lipinski definition) is 3. The second-order valence-electron chi connectivity index (χ2n) is 14.5. The van der Waals surface area contributed by atoms with E-state index in [9.17, 15) is 9.59 Å². The lowest BCUT2D eigenvalue weighted by molar-refractivity contribution is -0.122. The summed E-state index contributed by atoms with van der Waals surface area (Å²) < 4.78 is 33.3. The number of nitrogens with zero attached hydrogens (tertiary/aromatic N) is 2. The number of benzene rings is 3. The number of nitrogens with two attached hydrogens (primary N) is 1. The maximum absolute atomic E-state index is 12.7. The molecule has 3 aromatic carbocycles. The molecular weight excluding hydrogens is 763 g/mol. The molecule has 5 aromatic rings. The first-order chi connectivity index (χ1) is 29.3. The van der Waals surface area contributed by atoms with E-state index >= 15 is 0 Å². The van der Waals surface area contributed by atoms with Crippen LogP contribution in [0.15, 0.2) is 72.9 Å². The lowest BCUT2D eigenvalue weighted by Crippen LogP contribution is -2.26. The van der Waals surface area contributed by atoms with Gasteiger partial charge in [0.15, 0.2) is 5.82 Å². The van der Waals surface area contributed by atoms with Crippen LogP contribution in [0.3, 0.4) is 0 Å². The van der Waals surface area contributed by atoms with E-state index in [2.05, 4.69) is 70.8 Å². The first-order valence-electron chi connectivity index (χ1n) is 21.0. The molecule has 2 amide bonds. The summed E-state index contributed by atoms with van der Waals surface area (Å²) >= 11 is 0. The molecule has 0 bridgehead atoms. The number of pyridine rings is 2. The monoisotopic (exact) mass is 823 g/mol. The Kier molecular flexibility index (Phi) is 19.5. The molecule has 0 saturated heterocycles. The predicted octanol–water partition coefficient (Wildman–Crippen LogP) is 6.47. The molecule has 0 aliphatic heterocycles. The molecule has 5 rings (SSSR count). The van der Waals surface area contributed by atoms with E-state index in [1.165, 1.54) is 11.1 Å². The number of rotatable bonds is 28. The minimum Gasteiger partial charge on any atom is -0.489 e. The van der Waals surface area contributed by atoms with E-state index in [1.54, 1.807) is 0 Å². The van der Waals surface area contributed by atoms with Gasteiger partial charge in [-0.05, 0) is 111 Å². The van der Waals surface area contributed by atoms with E-state index in [0.29, 0.717) is 110 Å². The topological polar surface area (TPSA) is 165 Å². The third kappa shape index (κ3) is 15.4. The smallest absolute Gasteiger partial charge is 0.251 e. The first-order valence-corrected chi connectivity index (χ1v) is 21.0. The number of aryl methyl sites for hydroxylation is 4. The normalized spacial score (nSPS) is 11.3. The number of amides is 2. The van der Waals surface area contributed by atoms with Crippen molar-refractivity contribution in [3.63, 3.8) is 0 Å². The quantitative estimate of drug-likeness (QED) is 0.0374. The van der Waals surface area contributed by atoms with Crippen LogP contribution < -0.4 is 21.1 Å². The number of ether oxygens (including phenoxy) is 6. The molecule has 0 spiro atoms. The van der Waals surface area contributed by atoms with Crippen LogP contribution >= 0.6 is 0 Å². The molecule has 0 aliphatic carbocycles. The fraction of sp³-hybridized carbons (Fsp3) is 0.447. The van der Waals surface area contributed by atoms with E-state index < -0.39 is 0 Å². The Labute approximate surface area is 353 Å². The molecule has 2 heterocycles. The van der Waals surface area contributed by atoms with Gasteiger partial charge in [-0.15, -0.1) is 0 Å². The maximum Gasteiger partial charge on any atom is 0.251 e. The van der Waals surface area contributed by atoms with E-state index in [1.807, 2.05) is 43.5 Å². The van der Waals surface area contributed by atoms with Gasteiger partial charge in [-0.25, -0.2) is 4.98 Å². The van der Waals surface area contributed by atoms with Gasteiger partial charge >= 0.3 is 0 Å². The number of anilines is 1. The molecule has 0 unspecified atom stereocenters. The van der Waals surface area contributed by atoms with Crippen LogP contribution in [0.25, 0.3) is 21.8 Å². The molecular formula is C47H61N5O8. The fourth-order valence-electron chi connectivity index (χ4n) is 6.48. The second-order valence-corrected chi connectivity index (χ2v) is 14.5. The van der Waals surface area contributed by atoms with Gasteiger partial charge in [0.05, 0.1) is 51.8 Å². The zero-order chi connectivity index (χ0) is 42.4. The van der Waals surface area contributed by atoms with Gasteiger partial charge in [-0.3, -0.25) is 14.6 Å². The maximum atomic E-state index is 12.7. The van der Waals surface area contributed by atoms with Crippen molar-refractivity contribution in [2.24, 2.45) is 0 Å². The number of fused-ring (bicyclic) bond motifs is 3. The van der Waals surface area contributed by atoms with Gasteiger partial charge in [0, 0.05) is 61.9 Å². The zero-order valence-corrected chi connectivity index (χ0v) is 35.4. The Hall–Kier alpha value is -5.18. The van der Waals surface area contributed by atoms with E-state index in [0.717, 1.165) is 63.5 Å². The molecule has 13 heteroatoms. The van der Waals surface area contributed by atoms with Crippen molar-refractivity contribution in [2.75, 3.05) is 84.9 Å². The van der Waals surface area contributed by atoms with Gasteiger partial charge in [0.25, 0.3) is 5.91 Å². The fourth-order valence-corrected chi connectivity index (χ4v) is 6.48. The third-order valence-electron chi connectivity index (χ3n) is 9.82. The van der Waals surface area contributed by atoms with E-state index in [4.69, 9.17) is 34.2 Å². The molecule has 0 saturated carbocycles. The average Bonchev–Trinajstić information content (AvgIpc) is 3.25. The summed E-state index contributed by atoms with van der Waals surface area (Å²) in [6.07, 6.45) is 5.39. The summed E-state index contributed by atoms with van der Waals surface area (Å²) in [5.41, 5.74) is 14.2. The molecule has 322 valence electrons. The molecule has 0 radical (unpaired) electrons. The molecule has 13 nitrogen and oxygen atoms in total. The van der Waals surface area contributed by atoms with Crippen molar-refractivity contribution in [1.82, 2.24) is 20.6 Å². The Morgan fingerprint density at radius 1 is 0.683 bits per heavy atom. The Morgan fingerprint density at radius 2 is 1.37 bits per heavy atom. The summed E-state index contributed by atoms with van der Waals surface area (Å²) in [6.45, 7) is 12.6. The van der Waals surface area contributed by atoms with Gasteiger partial charge < -0.3 is 44.8 Å². The van der Waals surface area contributed by atoms with Crippen LogP contribution in [0.4, 0.5) is 5.82 Å². The lowest BCUT2D eigenvalue weighted by atomic mass is 9.99. The summed E-state index contributed by atoms with van der Waals surface area (Å²) in [6, 6.07) is 22.1. The predicted molar refractivity (Wildman–Crippen MR) is 235 cm³/mol. The lowest BCUT2D eigenvalue weighted by Gasteiger charge is -2.12. The van der Waals surface area contributed by atoms with Crippen LogP contribution in [0, 0.1) is 13.8 Å². The number of nitrogen functional groups attached to an aromatic ring is 1. The summed E-state index contributed by atoms with van der Waals surface area (Å²) in [5, 5.41) is 7.90. The summed E-state index contributed by atoms with van der Waals surface area (Å²) in [5.74, 6) is 1.10. The highest BCUT2D eigenvalue weighted by atomic mass is 16.5. The Balaban J connectivity index is 0.880. The van der Waals surface area contributed by atoms with Crippen LogP contribution in [0.5, 0.6) is 5.75 Å². The molecule has 4 N–H and O–H groups in total. The number of carbonyl (C=O) groups excluding carboxylic acids is 2. The number of hydrogen-bond acceptors (Lipinski definition) is 11. The van der Waals surface area contributed by atoms with Gasteiger partial charge in [0.2, 0.25) is 5.91 Å². The molecule has 0 atom stereocenters. The van der Waals surface area contributed by atoms with Crippen LogP contribution in [0.2, 0.25) is 0 Å². The van der Waals surface area contributed by atoms with Crippen molar-refractivity contribution in [2.45, 2.75) is 59.5 Å². The van der Waals surface area contributed by atoms with Crippen LogP contribution in [-0.2, 0) is 47.9 Å². The summed E-state index contributed by atoms with van der Waals surface area (Å²) in [4.78, 5) is 33.7. The van der Waals surface area contributed by atoms with Gasteiger partial charge in [-0.2, -0.15) is 0 Å². The van der Waals surface area contributed by atoms with Crippen molar-refractivity contribution < 1.29 is 38.0 Å². The van der Waals surface area contributed by atoms with Crippen molar-refractivity contribution in [1.29, 1.82) is 0 Å². The molecule has 2 aromatic heterocycles. The van der Waals surface area contributed by atoms with Crippen molar-refractivity contribution in [3.8, 4) is 5.75 Å². The average molecular weight is 824 g/mol. The standard InChI is InChI=1S/C47H61N5O8/c1-4-55-23-24-58-22-17-44(53)49-18-5-20-56-25-27-59-28-26-57-21-6-19-50-47(54)39-12-8-36(9-13-39)33-60-40-15-14-38(35(3)30-40)11-10-37-31-42-41-16-7-34(2)29-43(41)52-46(48)45(42)51-32-37/h7-9,12-16,29-32H,4-6,10-11,17-28,33H2,1-3H3,(H2,48,52)(H,49,53)(H,50,54). The third-order valence-corrected chi connectivity index (χ3v) is 9.82. The minimum atomic E-state index is -0.123. The minimum absolute atomic E-state index is 0.0301. The highest BCUT2D eigenvalue weighted by Crippen LogP contribution is 2.28. The van der Waals surface area contributed by atoms with Gasteiger partial charge in [0.1, 0.15) is 17.9 Å². The first kappa shape index (κ1) is 45.9. The van der Waals surface area contributed by atoms with E-state index in [-0.39, 0.29) is 11.8 Å². The Bertz CT molecular complexity index is 2100. The van der Waals surface area contributed by atoms with Gasteiger partial charge in [-0.1, -0.05) is 30.3 Å². The molecule has 60 heavy (non-hydrogen) atoms. The Morgan fingerprint density at radius 3 is 2.08 bits per heavy atom. The van der Waals surface area contributed by atoms with Crippen molar-refractivity contribution in [3.05, 3.63) is 106 Å². The zero-order valence-electron chi connectivity index (χ0n) is 35.4. The molecule has 0 fully saturated rings. The molecule has 0 aliphatic rings. The highest BCUT2D eigenvalue weighted by molar-refractivity contribution is 6.08.